The minimum atomic E-state index is -0.524. The maximum atomic E-state index is 12.0. The topological polar surface area (TPSA) is 62.6 Å². The number of ether oxygens (including phenoxy) is 2. The van der Waals surface area contributed by atoms with Crippen LogP contribution in [-0.4, -0.2) is 43.2 Å². The fourth-order valence-corrected chi connectivity index (χ4v) is 2.19. The van der Waals surface area contributed by atoms with Crippen molar-refractivity contribution in [2.45, 2.75) is 6.04 Å². The summed E-state index contributed by atoms with van der Waals surface area (Å²) in [5, 5.41) is 8.97. The number of nitriles is 1. The first-order chi connectivity index (χ1) is 9.22. The average Bonchev–Trinajstić information content (AvgIpc) is 2.46. The number of carbonyl (C=O) groups is 1. The molecule has 2 rings (SSSR count). The van der Waals surface area contributed by atoms with Crippen molar-refractivity contribution in [1.29, 1.82) is 5.26 Å². The Kier molecular flexibility index (Phi) is 4.77. The molecule has 0 bridgehead atoms. The largest absolute Gasteiger partial charge is 0.483 e. The number of hydrogen-bond donors (Lipinski definition) is 0. The molecule has 0 unspecified atom stereocenters. The predicted octanol–water partition coefficient (Wildman–Crippen LogP) is 1.58. The Morgan fingerprint density at radius 2 is 2.37 bits per heavy atom. The number of halogens is 1. The second kappa shape index (κ2) is 6.55. The summed E-state index contributed by atoms with van der Waals surface area (Å²) in [6, 6.07) is 8.85. The number of morpholine rings is 1. The lowest BCUT2D eigenvalue weighted by Gasteiger charge is -2.31. The van der Waals surface area contributed by atoms with Gasteiger partial charge in [-0.15, -0.1) is 0 Å². The van der Waals surface area contributed by atoms with E-state index in [-0.39, 0.29) is 19.1 Å². The van der Waals surface area contributed by atoms with E-state index in [4.69, 9.17) is 14.7 Å². The van der Waals surface area contributed by atoms with Crippen LogP contribution in [0.3, 0.4) is 0 Å². The summed E-state index contributed by atoms with van der Waals surface area (Å²) in [5.74, 6) is 0.406. The molecule has 19 heavy (non-hydrogen) atoms. The Bertz CT molecular complexity index is 501. The van der Waals surface area contributed by atoms with Gasteiger partial charge in [-0.3, -0.25) is 4.79 Å². The summed E-state index contributed by atoms with van der Waals surface area (Å²) in [5.41, 5.74) is 0. The van der Waals surface area contributed by atoms with E-state index in [1.165, 1.54) is 4.90 Å². The van der Waals surface area contributed by atoms with E-state index in [1.54, 1.807) is 6.07 Å². The first kappa shape index (κ1) is 13.8. The number of benzene rings is 1. The van der Waals surface area contributed by atoms with Gasteiger partial charge in [0, 0.05) is 6.54 Å². The van der Waals surface area contributed by atoms with Crippen molar-refractivity contribution in [3.63, 3.8) is 0 Å². The molecule has 0 spiro atoms. The van der Waals surface area contributed by atoms with Crippen molar-refractivity contribution >= 4 is 21.8 Å². The monoisotopic (exact) mass is 324 g/mol. The molecule has 1 aromatic carbocycles. The standard InChI is InChI=1S/C13H13BrN2O3/c14-11-3-1-2-4-12(11)19-9-13(17)16-5-6-18-8-10(16)7-15/h1-4,10H,5-6,8-9H2/t10-/m0/s1. The van der Waals surface area contributed by atoms with Crippen LogP contribution in [0.5, 0.6) is 5.75 Å². The first-order valence-corrected chi connectivity index (χ1v) is 6.66. The van der Waals surface area contributed by atoms with Crippen molar-refractivity contribution in [2.75, 3.05) is 26.4 Å². The fraction of sp³-hybridized carbons (Fsp3) is 0.385. The summed E-state index contributed by atoms with van der Waals surface area (Å²) in [6.45, 7) is 1.06. The summed E-state index contributed by atoms with van der Waals surface area (Å²) in [7, 11) is 0. The molecule has 0 aromatic heterocycles. The molecule has 1 aromatic rings. The van der Waals surface area contributed by atoms with Gasteiger partial charge in [0.25, 0.3) is 5.91 Å². The molecule has 1 aliphatic heterocycles. The molecule has 1 amide bonds. The number of nitrogens with zero attached hydrogens (tertiary/aromatic N) is 2. The Labute approximate surface area is 119 Å². The highest BCUT2D eigenvalue weighted by Crippen LogP contribution is 2.23. The summed E-state index contributed by atoms with van der Waals surface area (Å²) in [6.07, 6.45) is 0. The SMILES string of the molecule is N#C[C@H]1COCCN1C(=O)COc1ccccc1Br. The highest BCUT2D eigenvalue weighted by Gasteiger charge is 2.27. The van der Waals surface area contributed by atoms with Gasteiger partial charge in [-0.2, -0.15) is 5.26 Å². The van der Waals surface area contributed by atoms with E-state index in [1.807, 2.05) is 18.2 Å². The minimum Gasteiger partial charge on any atom is -0.483 e. The molecule has 0 N–H and O–H groups in total. The van der Waals surface area contributed by atoms with Gasteiger partial charge in [-0.25, -0.2) is 0 Å². The Morgan fingerprint density at radius 1 is 1.58 bits per heavy atom. The van der Waals surface area contributed by atoms with Crippen LogP contribution in [0.2, 0.25) is 0 Å². The van der Waals surface area contributed by atoms with Crippen molar-refractivity contribution in [3.05, 3.63) is 28.7 Å². The summed E-state index contributed by atoms with van der Waals surface area (Å²) >= 11 is 3.35. The third kappa shape index (κ3) is 3.46. The minimum absolute atomic E-state index is 0.0825. The van der Waals surface area contributed by atoms with E-state index >= 15 is 0 Å². The van der Waals surface area contributed by atoms with Gasteiger partial charge >= 0.3 is 0 Å². The molecule has 6 heteroatoms. The Hall–Kier alpha value is -1.58. The molecular formula is C13H13BrN2O3. The highest BCUT2D eigenvalue weighted by molar-refractivity contribution is 9.10. The lowest BCUT2D eigenvalue weighted by atomic mass is 10.2. The smallest absolute Gasteiger partial charge is 0.261 e. The zero-order valence-electron chi connectivity index (χ0n) is 10.2. The van der Waals surface area contributed by atoms with Crippen molar-refractivity contribution in [1.82, 2.24) is 4.90 Å². The van der Waals surface area contributed by atoms with Gasteiger partial charge in [0.1, 0.15) is 11.8 Å². The first-order valence-electron chi connectivity index (χ1n) is 5.86. The summed E-state index contributed by atoms with van der Waals surface area (Å²) in [4.78, 5) is 13.5. The van der Waals surface area contributed by atoms with Gasteiger partial charge in [-0.1, -0.05) is 12.1 Å². The van der Waals surface area contributed by atoms with E-state index in [0.29, 0.717) is 18.9 Å². The fourth-order valence-electron chi connectivity index (χ4n) is 1.79. The highest BCUT2D eigenvalue weighted by atomic mass is 79.9. The predicted molar refractivity (Wildman–Crippen MR) is 71.6 cm³/mol. The molecule has 1 heterocycles. The van der Waals surface area contributed by atoms with E-state index < -0.39 is 6.04 Å². The van der Waals surface area contributed by atoms with Crippen molar-refractivity contribution in [2.24, 2.45) is 0 Å². The van der Waals surface area contributed by atoms with Crippen LogP contribution >= 0.6 is 15.9 Å². The van der Waals surface area contributed by atoms with Gasteiger partial charge in [0.15, 0.2) is 6.61 Å². The maximum absolute atomic E-state index is 12.0. The third-order valence-corrected chi connectivity index (χ3v) is 3.44. The van der Waals surface area contributed by atoms with E-state index in [2.05, 4.69) is 22.0 Å². The lowest BCUT2D eigenvalue weighted by Crippen LogP contribution is -2.49. The third-order valence-electron chi connectivity index (χ3n) is 2.79. The van der Waals surface area contributed by atoms with Gasteiger partial charge in [-0.05, 0) is 28.1 Å². The van der Waals surface area contributed by atoms with Gasteiger partial charge in [0.05, 0.1) is 23.8 Å². The van der Waals surface area contributed by atoms with Gasteiger partial charge < -0.3 is 14.4 Å². The molecule has 0 saturated carbocycles. The Balaban J connectivity index is 1.94. The lowest BCUT2D eigenvalue weighted by molar-refractivity contribution is -0.139. The van der Waals surface area contributed by atoms with Crippen LogP contribution in [0.15, 0.2) is 28.7 Å². The maximum Gasteiger partial charge on any atom is 0.261 e. The molecule has 0 aliphatic carbocycles. The van der Waals surface area contributed by atoms with Crippen LogP contribution in [0.4, 0.5) is 0 Å². The zero-order valence-corrected chi connectivity index (χ0v) is 11.8. The molecule has 1 atom stereocenters. The molecule has 1 saturated heterocycles. The molecule has 1 aliphatic rings. The average molecular weight is 325 g/mol. The van der Waals surface area contributed by atoms with Crippen LogP contribution in [0, 0.1) is 11.3 Å². The molecular weight excluding hydrogens is 312 g/mol. The number of hydrogen-bond acceptors (Lipinski definition) is 4. The second-order valence-electron chi connectivity index (χ2n) is 4.03. The quantitative estimate of drug-likeness (QED) is 0.846. The van der Waals surface area contributed by atoms with Crippen LogP contribution in [0.1, 0.15) is 0 Å². The normalized spacial score (nSPS) is 18.7. The van der Waals surface area contributed by atoms with Crippen LogP contribution in [-0.2, 0) is 9.53 Å². The molecule has 5 nitrogen and oxygen atoms in total. The van der Waals surface area contributed by atoms with E-state index in [9.17, 15) is 4.79 Å². The number of carbonyl (C=O) groups excluding carboxylic acids is 1. The zero-order chi connectivity index (χ0) is 13.7. The Morgan fingerprint density at radius 3 is 3.11 bits per heavy atom. The second-order valence-corrected chi connectivity index (χ2v) is 4.88. The molecule has 0 radical (unpaired) electrons. The summed E-state index contributed by atoms with van der Waals surface area (Å²) < 4.78 is 11.4. The van der Waals surface area contributed by atoms with Crippen LogP contribution in [0.25, 0.3) is 0 Å². The molecule has 100 valence electrons. The van der Waals surface area contributed by atoms with E-state index in [0.717, 1.165) is 4.47 Å². The number of para-hydroxylation sites is 1. The number of amides is 1. The van der Waals surface area contributed by atoms with Crippen molar-refractivity contribution in [3.8, 4) is 11.8 Å². The van der Waals surface area contributed by atoms with Gasteiger partial charge in [0.2, 0.25) is 0 Å². The molecule has 1 fully saturated rings. The van der Waals surface area contributed by atoms with Crippen molar-refractivity contribution < 1.29 is 14.3 Å². The number of rotatable bonds is 3. The van der Waals surface area contributed by atoms with Crippen LogP contribution < -0.4 is 4.74 Å².